The van der Waals surface area contributed by atoms with Crippen molar-refractivity contribution in [3.63, 3.8) is 0 Å². The number of fused-ring (bicyclic) bond motifs is 1. The van der Waals surface area contributed by atoms with Crippen LogP contribution in [0.3, 0.4) is 0 Å². The lowest BCUT2D eigenvalue weighted by molar-refractivity contribution is 0.959. The van der Waals surface area contributed by atoms with E-state index in [1.54, 1.807) is 6.20 Å². The number of hydrogen-bond donors (Lipinski definition) is 3. The number of benzene rings is 1. The van der Waals surface area contributed by atoms with Gasteiger partial charge in [0.1, 0.15) is 11.7 Å². The van der Waals surface area contributed by atoms with E-state index in [1.807, 2.05) is 24.4 Å². The third-order valence-corrected chi connectivity index (χ3v) is 4.78. The fourth-order valence-electron chi connectivity index (χ4n) is 3.22. The molecule has 1 fully saturated rings. The van der Waals surface area contributed by atoms with Gasteiger partial charge in [-0.05, 0) is 48.1 Å². The first kappa shape index (κ1) is 15.1. The van der Waals surface area contributed by atoms with Crippen molar-refractivity contribution in [2.24, 2.45) is 10.9 Å². The van der Waals surface area contributed by atoms with Gasteiger partial charge < -0.3 is 10.6 Å². The normalized spacial score (nSPS) is 16.5. The van der Waals surface area contributed by atoms with E-state index in [0.29, 0.717) is 12.5 Å². The molecule has 1 saturated carbocycles. The van der Waals surface area contributed by atoms with Gasteiger partial charge in [-0.1, -0.05) is 12.1 Å². The first-order valence-corrected chi connectivity index (χ1v) is 8.85. The van der Waals surface area contributed by atoms with E-state index in [4.69, 9.17) is 0 Å². The summed E-state index contributed by atoms with van der Waals surface area (Å²) in [6.07, 6.45) is 8.36. The number of aromatic nitrogens is 4. The van der Waals surface area contributed by atoms with Crippen LogP contribution < -0.4 is 10.6 Å². The highest BCUT2D eigenvalue weighted by Crippen LogP contribution is 2.37. The van der Waals surface area contributed by atoms with Gasteiger partial charge in [-0.3, -0.25) is 10.1 Å². The lowest BCUT2D eigenvalue weighted by Gasteiger charge is -2.08. The van der Waals surface area contributed by atoms with Gasteiger partial charge in [-0.25, -0.2) is 4.98 Å². The Labute approximate surface area is 150 Å². The second kappa shape index (κ2) is 6.25. The zero-order valence-electron chi connectivity index (χ0n) is 14.2. The maximum absolute atomic E-state index is 4.55. The molecule has 0 unspecified atom stereocenters. The first-order valence-electron chi connectivity index (χ1n) is 8.85. The summed E-state index contributed by atoms with van der Waals surface area (Å²) in [5.41, 5.74) is 3.61. The molecule has 2 aliphatic rings. The topological polar surface area (TPSA) is 90.9 Å². The van der Waals surface area contributed by atoms with Gasteiger partial charge in [0.2, 0.25) is 5.95 Å². The third kappa shape index (κ3) is 3.03. The molecule has 0 radical (unpaired) electrons. The fraction of sp³-hybridized carbons (Fsp3) is 0.263. The fourth-order valence-corrected chi connectivity index (χ4v) is 3.22. The molecule has 7 nitrogen and oxygen atoms in total. The van der Waals surface area contributed by atoms with E-state index in [0.717, 1.165) is 40.6 Å². The zero-order chi connectivity index (χ0) is 17.3. The summed E-state index contributed by atoms with van der Waals surface area (Å²) in [6.45, 7) is 1.45. The van der Waals surface area contributed by atoms with Crippen molar-refractivity contribution in [1.82, 2.24) is 20.2 Å². The summed E-state index contributed by atoms with van der Waals surface area (Å²) in [7, 11) is 0. The quantitative estimate of drug-likeness (QED) is 0.661. The van der Waals surface area contributed by atoms with Crippen LogP contribution in [0, 0.1) is 5.92 Å². The number of nitrogens with one attached hydrogen (secondary N) is 3. The number of aliphatic imine (C=N–C) groups is 1. The average Bonchev–Trinajstić information content (AvgIpc) is 3.21. The predicted molar refractivity (Wildman–Crippen MR) is 102 cm³/mol. The Morgan fingerprint density at radius 3 is 3.08 bits per heavy atom. The van der Waals surface area contributed by atoms with E-state index in [-0.39, 0.29) is 0 Å². The van der Waals surface area contributed by atoms with Gasteiger partial charge in [-0.15, -0.1) is 0 Å². The summed E-state index contributed by atoms with van der Waals surface area (Å²) in [6, 6.07) is 7.95. The monoisotopic (exact) mass is 345 g/mol. The molecule has 0 amide bonds. The number of H-pyrrole nitrogens is 1. The molecule has 0 spiro atoms. The molecule has 3 heterocycles. The van der Waals surface area contributed by atoms with Crippen molar-refractivity contribution in [3.05, 3.63) is 53.9 Å². The minimum atomic E-state index is 0.584. The molecule has 2 aromatic heterocycles. The number of aromatic amines is 1. The van der Waals surface area contributed by atoms with Crippen LogP contribution in [-0.4, -0.2) is 32.5 Å². The molecule has 3 aromatic rings. The van der Waals surface area contributed by atoms with Crippen LogP contribution in [-0.2, 0) is 6.54 Å². The molecule has 1 aliphatic heterocycles. The highest BCUT2D eigenvalue weighted by Gasteiger charge is 2.27. The van der Waals surface area contributed by atoms with Crippen LogP contribution in [0.15, 0.2) is 53.3 Å². The second-order valence-electron chi connectivity index (χ2n) is 6.69. The van der Waals surface area contributed by atoms with Crippen molar-refractivity contribution in [3.8, 4) is 0 Å². The average molecular weight is 345 g/mol. The highest BCUT2D eigenvalue weighted by molar-refractivity contribution is 6.05. The summed E-state index contributed by atoms with van der Waals surface area (Å²) < 4.78 is 0. The molecule has 0 saturated heterocycles. The van der Waals surface area contributed by atoms with Gasteiger partial charge in [0.25, 0.3) is 0 Å². The molecule has 1 aromatic carbocycles. The predicted octanol–water partition coefficient (Wildman–Crippen LogP) is 3.13. The molecule has 5 rings (SSSR count). The van der Waals surface area contributed by atoms with Crippen LogP contribution in [0.4, 0.5) is 11.8 Å². The van der Waals surface area contributed by atoms with Crippen molar-refractivity contribution in [2.75, 3.05) is 17.2 Å². The van der Waals surface area contributed by atoms with Crippen LogP contribution in [0.1, 0.15) is 18.4 Å². The number of nitrogens with zero attached hydrogens (tertiary/aromatic N) is 4. The zero-order valence-corrected chi connectivity index (χ0v) is 14.2. The maximum Gasteiger partial charge on any atom is 0.224 e. The number of rotatable bonds is 5. The third-order valence-electron chi connectivity index (χ3n) is 4.78. The van der Waals surface area contributed by atoms with Crippen molar-refractivity contribution in [1.29, 1.82) is 0 Å². The standard InChI is InChI=1S/C19H19N7/c1-2-13(15-11-23-26-16(15)3-1)9-22-19-20-7-6-17(25-19)24-18-8-14(10-21-18)12-4-5-12/h1-3,6-8,11-12H,4-5,9-10H2,(H,23,26)(H2,20,21,22,24,25). The van der Waals surface area contributed by atoms with Gasteiger partial charge in [-0.2, -0.15) is 10.1 Å². The second-order valence-corrected chi connectivity index (χ2v) is 6.69. The first-order chi connectivity index (χ1) is 12.8. The van der Waals surface area contributed by atoms with Crippen LogP contribution in [0.2, 0.25) is 0 Å². The van der Waals surface area contributed by atoms with Crippen LogP contribution in [0.25, 0.3) is 10.9 Å². The summed E-state index contributed by atoms with van der Waals surface area (Å²) >= 11 is 0. The molecule has 3 N–H and O–H groups in total. The summed E-state index contributed by atoms with van der Waals surface area (Å²) in [4.78, 5) is 13.4. The van der Waals surface area contributed by atoms with E-state index >= 15 is 0 Å². The molecule has 26 heavy (non-hydrogen) atoms. The largest absolute Gasteiger partial charge is 0.350 e. The van der Waals surface area contributed by atoms with Gasteiger partial charge in [0.15, 0.2) is 0 Å². The molecule has 130 valence electrons. The molecule has 1 aliphatic carbocycles. The SMILES string of the molecule is C1=C(C2CC2)CN=C1Nc1ccnc(NCc2cccc3[nH]ncc23)n1. The van der Waals surface area contributed by atoms with Gasteiger partial charge in [0.05, 0.1) is 18.3 Å². The van der Waals surface area contributed by atoms with Crippen LogP contribution in [0.5, 0.6) is 0 Å². The minimum absolute atomic E-state index is 0.584. The Kier molecular flexibility index (Phi) is 3.62. The summed E-state index contributed by atoms with van der Waals surface area (Å²) in [5.74, 6) is 2.97. The Balaban J connectivity index is 1.27. The molecule has 7 heteroatoms. The molecular formula is C19H19N7. The molecule has 0 atom stereocenters. The minimum Gasteiger partial charge on any atom is -0.350 e. The Morgan fingerprint density at radius 1 is 1.19 bits per heavy atom. The number of hydrogen-bond acceptors (Lipinski definition) is 6. The number of anilines is 2. The van der Waals surface area contributed by atoms with E-state index in [1.165, 1.54) is 18.4 Å². The van der Waals surface area contributed by atoms with Crippen LogP contribution >= 0.6 is 0 Å². The summed E-state index contributed by atoms with van der Waals surface area (Å²) in [5, 5.41) is 14.8. The molecular weight excluding hydrogens is 326 g/mol. The van der Waals surface area contributed by atoms with Crippen molar-refractivity contribution in [2.45, 2.75) is 19.4 Å². The lowest BCUT2D eigenvalue weighted by atomic mass is 10.1. The van der Waals surface area contributed by atoms with E-state index < -0.39 is 0 Å². The lowest BCUT2D eigenvalue weighted by Crippen LogP contribution is -2.10. The molecule has 0 bridgehead atoms. The Morgan fingerprint density at radius 2 is 2.15 bits per heavy atom. The highest BCUT2D eigenvalue weighted by atomic mass is 15.2. The smallest absolute Gasteiger partial charge is 0.224 e. The Hall–Kier alpha value is -3.22. The number of amidine groups is 1. The van der Waals surface area contributed by atoms with E-state index in [2.05, 4.69) is 47.9 Å². The maximum atomic E-state index is 4.55. The van der Waals surface area contributed by atoms with Crippen molar-refractivity contribution < 1.29 is 0 Å². The Bertz CT molecular complexity index is 1010. The van der Waals surface area contributed by atoms with Gasteiger partial charge >= 0.3 is 0 Å². The van der Waals surface area contributed by atoms with Crippen molar-refractivity contribution >= 4 is 28.5 Å². The van der Waals surface area contributed by atoms with E-state index in [9.17, 15) is 0 Å². The van der Waals surface area contributed by atoms with Gasteiger partial charge in [0, 0.05) is 18.1 Å².